The van der Waals surface area contributed by atoms with Crippen LogP contribution in [0.5, 0.6) is 0 Å². The lowest BCUT2D eigenvalue weighted by molar-refractivity contribution is 0.0800. The second kappa shape index (κ2) is 14.3. The predicted molar refractivity (Wildman–Crippen MR) is 150 cm³/mol. The van der Waals surface area contributed by atoms with E-state index >= 15 is 0 Å². The molecule has 0 atom stereocenters. The van der Waals surface area contributed by atoms with Crippen molar-refractivity contribution in [3.05, 3.63) is 46.3 Å². The summed E-state index contributed by atoms with van der Waals surface area (Å²) >= 11 is 0. The van der Waals surface area contributed by atoms with Crippen molar-refractivity contribution >= 4 is 23.3 Å². The third-order valence-electron chi connectivity index (χ3n) is 7.27. The first-order chi connectivity index (χ1) is 17.9. The molecule has 0 aliphatic carbocycles. The Balaban J connectivity index is 2.02. The van der Waals surface area contributed by atoms with Crippen LogP contribution in [0.4, 0.5) is 14.5 Å². The van der Waals surface area contributed by atoms with Crippen LogP contribution in [0, 0.1) is 5.41 Å². The Kier molecular flexibility index (Phi) is 11.1. The molecule has 0 amide bonds. The lowest BCUT2D eigenvalue weighted by Gasteiger charge is -2.35. The number of hydrogen-bond acceptors (Lipinski definition) is 5. The Labute approximate surface area is 220 Å². The van der Waals surface area contributed by atoms with Crippen molar-refractivity contribution in [1.29, 1.82) is 5.41 Å². The van der Waals surface area contributed by atoms with Crippen LogP contribution in [-0.4, -0.2) is 44.9 Å². The van der Waals surface area contributed by atoms with Gasteiger partial charge >= 0.3 is 0 Å². The van der Waals surface area contributed by atoms with E-state index in [4.69, 9.17) is 10.5 Å². The fourth-order valence-electron chi connectivity index (χ4n) is 5.29. The molecule has 37 heavy (non-hydrogen) atoms. The van der Waals surface area contributed by atoms with E-state index in [1.165, 1.54) is 12.4 Å². The molecule has 0 aromatic heterocycles. The van der Waals surface area contributed by atoms with Crippen molar-refractivity contribution in [3.63, 3.8) is 0 Å². The van der Waals surface area contributed by atoms with Crippen LogP contribution < -0.4 is 16.0 Å². The molecule has 204 valence electrons. The average molecular weight is 516 g/mol. The van der Waals surface area contributed by atoms with Gasteiger partial charge in [0, 0.05) is 73.4 Å². The van der Waals surface area contributed by atoms with Gasteiger partial charge in [-0.1, -0.05) is 26.7 Å². The van der Waals surface area contributed by atoms with Gasteiger partial charge in [0.2, 0.25) is 0 Å². The van der Waals surface area contributed by atoms with Gasteiger partial charge in [0.05, 0.1) is 0 Å². The Morgan fingerprint density at radius 2 is 2.03 bits per heavy atom. The van der Waals surface area contributed by atoms with Crippen LogP contribution in [0.25, 0.3) is 5.57 Å². The third kappa shape index (κ3) is 7.18. The molecule has 0 radical (unpaired) electrons. The molecule has 1 aromatic rings. The van der Waals surface area contributed by atoms with Gasteiger partial charge in [-0.25, -0.2) is 8.78 Å². The molecular weight excluding hydrogens is 472 g/mol. The molecule has 1 saturated heterocycles. The molecule has 2 heterocycles. The largest absolute Gasteiger partial charge is 0.404 e. The minimum atomic E-state index is -2.67. The van der Waals surface area contributed by atoms with Gasteiger partial charge in [-0.05, 0) is 68.2 Å². The Morgan fingerprint density at radius 3 is 2.65 bits per heavy atom. The topological polar surface area (TPSA) is 86.7 Å². The maximum absolute atomic E-state index is 14.2. The number of nitrogens with two attached hydrogens (primary N) is 1. The Bertz CT molecular complexity index is 1010. The number of aliphatic imine (C=N–C) groups is 1. The van der Waals surface area contributed by atoms with Gasteiger partial charge in [-0.15, -0.1) is 0 Å². The normalized spacial score (nSPS) is 17.8. The first kappa shape index (κ1) is 28.8. The summed E-state index contributed by atoms with van der Waals surface area (Å²) in [5, 5.41) is 13.0. The Hall–Kier alpha value is -2.74. The zero-order valence-electron chi connectivity index (χ0n) is 22.6. The number of unbranched alkanes of at least 4 members (excludes halogenated alkanes) is 2. The van der Waals surface area contributed by atoms with E-state index in [-0.39, 0.29) is 5.56 Å². The highest BCUT2D eigenvalue weighted by molar-refractivity contribution is 6.11. The molecule has 0 spiro atoms. The predicted octanol–water partition coefficient (Wildman–Crippen LogP) is 6.37. The number of nitrogens with zero attached hydrogens (tertiary/aromatic N) is 2. The standard InChI is InChI=1S/C29H43F2N5O/c1-4-6-7-10-26(35-22-11-14-37-15-12-22)23(5-2)29(33)36-13-8-9-20-16-24(21(18-32)19-34-3)25(28(30)31)17-27(20)36/h16-19,22,28,33,35H,4-15,32H2,1-3H3/b21-18+,26-23-,33-29?,34-19?. The summed E-state index contributed by atoms with van der Waals surface area (Å²) in [7, 11) is 1.60. The molecule has 0 bridgehead atoms. The minimum Gasteiger partial charge on any atom is -0.404 e. The number of aryl methyl sites for hydroxylation is 1. The average Bonchev–Trinajstić information content (AvgIpc) is 2.91. The number of fused-ring (bicyclic) bond motifs is 1. The Morgan fingerprint density at radius 1 is 1.27 bits per heavy atom. The van der Waals surface area contributed by atoms with E-state index in [0.29, 0.717) is 41.7 Å². The van der Waals surface area contributed by atoms with Crippen LogP contribution in [0.2, 0.25) is 0 Å². The van der Waals surface area contributed by atoms with E-state index in [0.717, 1.165) is 81.4 Å². The lowest BCUT2D eigenvalue weighted by Crippen LogP contribution is -2.39. The van der Waals surface area contributed by atoms with Crippen molar-refractivity contribution in [2.75, 3.05) is 31.7 Å². The molecule has 2 aliphatic heterocycles. The van der Waals surface area contributed by atoms with E-state index in [9.17, 15) is 14.2 Å². The van der Waals surface area contributed by atoms with Gasteiger partial charge in [0.15, 0.2) is 0 Å². The molecule has 0 saturated carbocycles. The van der Waals surface area contributed by atoms with Crippen molar-refractivity contribution in [1.82, 2.24) is 5.32 Å². The van der Waals surface area contributed by atoms with Crippen LogP contribution in [0.15, 0.2) is 34.6 Å². The van der Waals surface area contributed by atoms with Gasteiger partial charge < -0.3 is 20.7 Å². The maximum atomic E-state index is 14.2. The molecule has 4 N–H and O–H groups in total. The number of nitrogens with one attached hydrogen (secondary N) is 2. The van der Waals surface area contributed by atoms with Crippen molar-refractivity contribution in [2.45, 2.75) is 84.1 Å². The summed E-state index contributed by atoms with van der Waals surface area (Å²) in [4.78, 5) is 5.92. The number of amidine groups is 1. The summed E-state index contributed by atoms with van der Waals surface area (Å²) < 4.78 is 34.0. The number of rotatable bonds is 11. The fourth-order valence-corrected chi connectivity index (χ4v) is 5.29. The first-order valence-corrected chi connectivity index (χ1v) is 13.7. The number of halogens is 2. The molecule has 0 unspecified atom stereocenters. The highest BCUT2D eigenvalue weighted by Gasteiger charge is 2.28. The molecule has 1 aromatic carbocycles. The highest BCUT2D eigenvalue weighted by Crippen LogP contribution is 2.37. The number of ether oxygens (including phenoxy) is 1. The lowest BCUT2D eigenvalue weighted by atomic mass is 9.91. The summed E-state index contributed by atoms with van der Waals surface area (Å²) in [6.07, 6.45) is 8.60. The molecule has 3 rings (SSSR count). The monoisotopic (exact) mass is 515 g/mol. The van der Waals surface area contributed by atoms with Crippen LogP contribution in [0.3, 0.4) is 0 Å². The van der Waals surface area contributed by atoms with Crippen LogP contribution in [-0.2, 0) is 11.2 Å². The fraction of sp³-hybridized carbons (Fsp3) is 0.586. The zero-order valence-corrected chi connectivity index (χ0v) is 22.6. The second-order valence-corrected chi connectivity index (χ2v) is 9.78. The van der Waals surface area contributed by atoms with E-state index < -0.39 is 6.43 Å². The smallest absolute Gasteiger partial charge is 0.264 e. The van der Waals surface area contributed by atoms with E-state index in [1.54, 1.807) is 13.1 Å². The number of hydrogen-bond donors (Lipinski definition) is 3. The van der Waals surface area contributed by atoms with Crippen LogP contribution in [0.1, 0.15) is 88.3 Å². The van der Waals surface area contributed by atoms with E-state index in [2.05, 4.69) is 24.2 Å². The molecule has 2 aliphatic rings. The quantitative estimate of drug-likeness (QED) is 0.182. The summed E-state index contributed by atoms with van der Waals surface area (Å²) in [6, 6.07) is 3.71. The third-order valence-corrected chi connectivity index (χ3v) is 7.27. The van der Waals surface area contributed by atoms with Crippen LogP contribution >= 0.6 is 0 Å². The summed E-state index contributed by atoms with van der Waals surface area (Å²) in [5.74, 6) is 0.409. The minimum absolute atomic E-state index is 0.0828. The summed E-state index contributed by atoms with van der Waals surface area (Å²) in [5.41, 5.74) is 10.3. The van der Waals surface area contributed by atoms with Gasteiger partial charge in [-0.3, -0.25) is 10.4 Å². The molecule has 1 fully saturated rings. The second-order valence-electron chi connectivity index (χ2n) is 9.78. The van der Waals surface area contributed by atoms with Gasteiger partial charge in [0.1, 0.15) is 5.84 Å². The van der Waals surface area contributed by atoms with Gasteiger partial charge in [0.25, 0.3) is 6.43 Å². The number of anilines is 1. The zero-order chi connectivity index (χ0) is 26.8. The van der Waals surface area contributed by atoms with Gasteiger partial charge in [-0.2, -0.15) is 0 Å². The highest BCUT2D eigenvalue weighted by atomic mass is 19.3. The van der Waals surface area contributed by atoms with Crippen molar-refractivity contribution in [2.24, 2.45) is 10.7 Å². The van der Waals surface area contributed by atoms with Crippen molar-refractivity contribution in [3.8, 4) is 0 Å². The SMILES string of the molecule is CCCCC/C(NC1CCOCC1)=C(\CC)C(=N)N1CCCc2cc(/C(C=NC)=C/N)c(C(F)F)cc21. The number of alkyl halides is 2. The first-order valence-electron chi connectivity index (χ1n) is 13.7. The number of benzene rings is 1. The maximum Gasteiger partial charge on any atom is 0.264 e. The number of allylic oxidation sites excluding steroid dienone is 2. The van der Waals surface area contributed by atoms with Crippen molar-refractivity contribution < 1.29 is 13.5 Å². The molecule has 6 nitrogen and oxygen atoms in total. The molecule has 8 heteroatoms. The molecular formula is C29H43F2N5O. The summed E-state index contributed by atoms with van der Waals surface area (Å²) in [6.45, 7) is 6.40. The van der Waals surface area contributed by atoms with E-state index in [1.807, 2.05) is 11.0 Å².